The number of aromatic carboxylic acids is 1. The summed E-state index contributed by atoms with van der Waals surface area (Å²) in [4.78, 5) is 22.6. The zero-order chi connectivity index (χ0) is 13.9. The van der Waals surface area contributed by atoms with Crippen molar-refractivity contribution in [2.24, 2.45) is 0 Å². The lowest BCUT2D eigenvalue weighted by atomic mass is 10.1. The average Bonchev–Trinajstić information content (AvgIpc) is 2.25. The molecule has 0 spiro atoms. The average molecular weight is 382 g/mol. The van der Waals surface area contributed by atoms with Crippen molar-refractivity contribution >= 4 is 46.1 Å². The number of benzene rings is 1. The van der Waals surface area contributed by atoms with Gasteiger partial charge in [-0.15, -0.1) is 0 Å². The van der Waals surface area contributed by atoms with E-state index in [1.54, 1.807) is 19.9 Å². The number of carbonyl (C=O) groups excluding carboxylic acids is 1. The fraction of sp³-hybridized carbons (Fsp3) is 0.333. The number of amides is 1. The maximum Gasteiger partial charge on any atom is 0.337 e. The Kier molecular flexibility index (Phi) is 4.98. The Bertz CT molecular complexity index is 483. The molecule has 0 aliphatic rings. The minimum atomic E-state index is -1.08. The van der Waals surface area contributed by atoms with E-state index in [9.17, 15) is 9.59 Å². The maximum absolute atomic E-state index is 11.7. The molecule has 6 heteroatoms. The second-order valence-electron chi connectivity index (χ2n) is 4.27. The van der Waals surface area contributed by atoms with Crippen LogP contribution in [0.15, 0.2) is 18.2 Å². The van der Waals surface area contributed by atoms with E-state index in [-0.39, 0.29) is 23.0 Å². The third-order valence-corrected chi connectivity index (χ3v) is 3.07. The highest BCUT2D eigenvalue weighted by Gasteiger charge is 2.22. The molecule has 0 atom stereocenters. The SMILES string of the molecule is CC(C)(I)C(=O)NCc1ccc(Cl)c(C(=O)O)c1. The second kappa shape index (κ2) is 5.88. The monoisotopic (exact) mass is 381 g/mol. The first-order valence-corrected chi connectivity index (χ1v) is 6.66. The van der Waals surface area contributed by atoms with E-state index in [4.69, 9.17) is 16.7 Å². The van der Waals surface area contributed by atoms with Crippen molar-refractivity contribution in [3.8, 4) is 0 Å². The van der Waals surface area contributed by atoms with Gasteiger partial charge in [0.1, 0.15) is 0 Å². The van der Waals surface area contributed by atoms with Crippen LogP contribution in [0.25, 0.3) is 0 Å². The third-order valence-electron chi connectivity index (χ3n) is 2.25. The Labute approximate surface area is 124 Å². The molecule has 0 unspecified atom stereocenters. The zero-order valence-corrected chi connectivity index (χ0v) is 12.9. The Hall–Kier alpha value is -0.820. The molecule has 18 heavy (non-hydrogen) atoms. The summed E-state index contributed by atoms with van der Waals surface area (Å²) in [6.45, 7) is 3.88. The highest BCUT2D eigenvalue weighted by molar-refractivity contribution is 14.1. The van der Waals surface area contributed by atoms with E-state index in [0.29, 0.717) is 5.56 Å². The summed E-state index contributed by atoms with van der Waals surface area (Å²) in [5.41, 5.74) is 0.739. The van der Waals surface area contributed by atoms with Gasteiger partial charge in [-0.25, -0.2) is 4.79 Å². The molecule has 2 N–H and O–H groups in total. The summed E-state index contributed by atoms with van der Waals surface area (Å²) in [6, 6.07) is 4.67. The molecule has 0 fully saturated rings. The number of hydrogen-bond acceptors (Lipinski definition) is 2. The van der Waals surface area contributed by atoms with Gasteiger partial charge < -0.3 is 10.4 Å². The molecule has 0 heterocycles. The summed E-state index contributed by atoms with van der Waals surface area (Å²) in [5.74, 6) is -1.18. The molecule has 1 amide bonds. The van der Waals surface area contributed by atoms with E-state index in [2.05, 4.69) is 5.32 Å². The van der Waals surface area contributed by atoms with E-state index >= 15 is 0 Å². The molecule has 4 nitrogen and oxygen atoms in total. The predicted molar refractivity (Wildman–Crippen MR) is 78.4 cm³/mol. The maximum atomic E-state index is 11.7. The van der Waals surface area contributed by atoms with Gasteiger partial charge in [-0.3, -0.25) is 4.79 Å². The minimum Gasteiger partial charge on any atom is -0.478 e. The van der Waals surface area contributed by atoms with Crippen LogP contribution >= 0.6 is 34.2 Å². The molecule has 1 aromatic rings. The van der Waals surface area contributed by atoms with Crippen LogP contribution < -0.4 is 5.32 Å². The van der Waals surface area contributed by atoms with Gasteiger partial charge in [0.05, 0.1) is 14.0 Å². The van der Waals surface area contributed by atoms with Crippen LogP contribution in [-0.2, 0) is 11.3 Å². The summed E-state index contributed by atoms with van der Waals surface area (Å²) in [7, 11) is 0. The molecule has 1 rings (SSSR count). The Morgan fingerprint density at radius 1 is 1.44 bits per heavy atom. The molecular weight excluding hydrogens is 368 g/mol. The summed E-state index contributed by atoms with van der Waals surface area (Å²) < 4.78 is -0.500. The molecular formula is C12H13ClINO3. The van der Waals surface area contributed by atoms with Gasteiger partial charge >= 0.3 is 5.97 Å². The number of hydrogen-bond donors (Lipinski definition) is 2. The molecule has 0 bridgehead atoms. The van der Waals surface area contributed by atoms with Crippen molar-refractivity contribution in [3.63, 3.8) is 0 Å². The minimum absolute atomic E-state index is 0.0390. The van der Waals surface area contributed by atoms with Crippen LogP contribution in [0.2, 0.25) is 5.02 Å². The number of alkyl halides is 1. The summed E-state index contributed by atoms with van der Waals surface area (Å²) in [6.07, 6.45) is 0. The van der Waals surface area contributed by atoms with Crippen LogP contribution in [-0.4, -0.2) is 20.4 Å². The van der Waals surface area contributed by atoms with Gasteiger partial charge in [0, 0.05) is 6.54 Å². The standard InChI is InChI=1S/C12H13ClINO3/c1-12(2,14)11(18)15-6-7-3-4-9(13)8(5-7)10(16)17/h3-5H,6H2,1-2H3,(H,15,18)(H,16,17). The van der Waals surface area contributed by atoms with Crippen molar-refractivity contribution in [3.05, 3.63) is 34.3 Å². The van der Waals surface area contributed by atoms with Gasteiger partial charge in [0.25, 0.3) is 0 Å². The van der Waals surface area contributed by atoms with Crippen molar-refractivity contribution in [1.29, 1.82) is 0 Å². The highest BCUT2D eigenvalue weighted by atomic mass is 127. The molecule has 0 saturated heterocycles. The topological polar surface area (TPSA) is 66.4 Å². The van der Waals surface area contributed by atoms with Gasteiger partial charge in [-0.05, 0) is 31.5 Å². The van der Waals surface area contributed by atoms with Crippen LogP contribution in [0, 0.1) is 0 Å². The van der Waals surface area contributed by atoms with Crippen LogP contribution in [0.1, 0.15) is 29.8 Å². The first kappa shape index (κ1) is 15.2. The molecule has 0 aliphatic carbocycles. The van der Waals surface area contributed by atoms with Crippen molar-refractivity contribution in [2.75, 3.05) is 0 Å². The van der Waals surface area contributed by atoms with E-state index < -0.39 is 9.39 Å². The number of carbonyl (C=O) groups is 2. The highest BCUT2D eigenvalue weighted by Crippen LogP contribution is 2.19. The first-order chi connectivity index (χ1) is 8.21. The van der Waals surface area contributed by atoms with Gasteiger partial charge in [-0.1, -0.05) is 40.3 Å². The molecule has 98 valence electrons. The molecule has 0 radical (unpaired) electrons. The van der Waals surface area contributed by atoms with E-state index in [1.165, 1.54) is 12.1 Å². The number of carboxylic acids is 1. The Balaban J connectivity index is 2.78. The lowest BCUT2D eigenvalue weighted by Gasteiger charge is -2.16. The van der Waals surface area contributed by atoms with Gasteiger partial charge in [0.15, 0.2) is 0 Å². The molecule has 0 saturated carbocycles. The smallest absolute Gasteiger partial charge is 0.337 e. The lowest BCUT2D eigenvalue weighted by molar-refractivity contribution is -0.122. The number of carboxylic acid groups (broad SMARTS) is 1. The normalized spacial score (nSPS) is 11.1. The number of nitrogens with one attached hydrogen (secondary N) is 1. The molecule has 1 aromatic carbocycles. The second-order valence-corrected chi connectivity index (χ2v) is 7.38. The van der Waals surface area contributed by atoms with Crippen LogP contribution in [0.4, 0.5) is 0 Å². The van der Waals surface area contributed by atoms with Crippen molar-refractivity contribution in [1.82, 2.24) is 5.32 Å². The summed E-state index contributed by atoms with van der Waals surface area (Å²) in [5, 5.41) is 11.9. The van der Waals surface area contributed by atoms with E-state index in [0.717, 1.165) is 0 Å². The number of halogens is 2. The lowest BCUT2D eigenvalue weighted by Crippen LogP contribution is -2.36. The fourth-order valence-electron chi connectivity index (χ4n) is 1.24. The summed E-state index contributed by atoms with van der Waals surface area (Å²) >= 11 is 7.80. The van der Waals surface area contributed by atoms with Crippen molar-refractivity contribution in [2.45, 2.75) is 23.8 Å². The Morgan fingerprint density at radius 2 is 2.06 bits per heavy atom. The quantitative estimate of drug-likeness (QED) is 0.622. The van der Waals surface area contributed by atoms with Gasteiger partial charge in [0.2, 0.25) is 5.91 Å². The third kappa shape index (κ3) is 4.13. The van der Waals surface area contributed by atoms with Crippen molar-refractivity contribution < 1.29 is 14.7 Å². The number of rotatable bonds is 4. The van der Waals surface area contributed by atoms with Crippen LogP contribution in [0.3, 0.4) is 0 Å². The van der Waals surface area contributed by atoms with Gasteiger partial charge in [-0.2, -0.15) is 0 Å². The largest absolute Gasteiger partial charge is 0.478 e. The zero-order valence-electron chi connectivity index (χ0n) is 9.96. The van der Waals surface area contributed by atoms with E-state index in [1.807, 2.05) is 22.6 Å². The fourth-order valence-corrected chi connectivity index (χ4v) is 1.63. The Morgan fingerprint density at radius 3 is 2.56 bits per heavy atom. The molecule has 0 aliphatic heterocycles. The first-order valence-electron chi connectivity index (χ1n) is 5.20. The van der Waals surface area contributed by atoms with Crippen LogP contribution in [0.5, 0.6) is 0 Å². The molecule has 0 aromatic heterocycles. The predicted octanol–water partition coefficient (Wildman–Crippen LogP) is 2.87.